The fraction of sp³-hybridized carbons (Fsp3) is 0.417. The largest absolute Gasteiger partial charge is 0.495 e. The van der Waals surface area contributed by atoms with Crippen LogP contribution in [-0.4, -0.2) is 18.5 Å². The van der Waals surface area contributed by atoms with Gasteiger partial charge in [0.15, 0.2) is 5.84 Å². The summed E-state index contributed by atoms with van der Waals surface area (Å²) in [5, 5.41) is 10.5. The van der Waals surface area contributed by atoms with Crippen molar-refractivity contribution in [2.45, 2.75) is 26.3 Å². The van der Waals surface area contributed by atoms with Gasteiger partial charge in [0.2, 0.25) is 0 Å². The number of nitrogens with two attached hydrogens (primary N) is 1. The molecule has 0 radical (unpaired) electrons. The number of rotatable bonds is 1. The van der Waals surface area contributed by atoms with Crippen molar-refractivity contribution < 1.29 is 4.74 Å². The molecule has 92 valence electrons. The third-order valence-corrected chi connectivity index (χ3v) is 3.00. The second-order valence-electron chi connectivity index (χ2n) is 4.69. The maximum atomic E-state index is 5.41. The zero-order valence-electron chi connectivity index (χ0n) is 10.6. The van der Waals surface area contributed by atoms with Crippen LogP contribution in [0.3, 0.4) is 0 Å². The Morgan fingerprint density at radius 1 is 1.29 bits per heavy atom. The second kappa shape index (κ2) is 3.84. The first-order valence-electron chi connectivity index (χ1n) is 5.50. The van der Waals surface area contributed by atoms with Gasteiger partial charge in [-0.15, -0.1) is 0 Å². The van der Waals surface area contributed by atoms with Gasteiger partial charge in [-0.3, -0.25) is 0 Å². The van der Waals surface area contributed by atoms with E-state index in [1.54, 1.807) is 7.11 Å². The fourth-order valence-electron chi connectivity index (χ4n) is 1.98. The van der Waals surface area contributed by atoms with Crippen LogP contribution in [0, 0.1) is 6.92 Å². The maximum Gasteiger partial charge on any atom is 0.151 e. The number of amidine groups is 1. The monoisotopic (exact) mass is 234 g/mol. The molecular formula is C12H18N4O. The van der Waals surface area contributed by atoms with Gasteiger partial charge in [-0.1, -0.05) is 6.07 Å². The van der Waals surface area contributed by atoms with Crippen molar-refractivity contribution in [3.05, 3.63) is 17.7 Å². The summed E-state index contributed by atoms with van der Waals surface area (Å²) in [5.41, 5.74) is 2.69. The van der Waals surface area contributed by atoms with Crippen LogP contribution in [0.5, 0.6) is 5.75 Å². The van der Waals surface area contributed by atoms with E-state index in [4.69, 9.17) is 10.6 Å². The number of aryl methyl sites for hydroxylation is 1. The number of fused-ring (bicyclic) bond motifs is 1. The molecule has 0 spiro atoms. The minimum atomic E-state index is -0.344. The van der Waals surface area contributed by atoms with Crippen molar-refractivity contribution in [3.63, 3.8) is 0 Å². The molecule has 1 aromatic rings. The molecule has 2 rings (SSSR count). The van der Waals surface area contributed by atoms with Gasteiger partial charge in [0.25, 0.3) is 0 Å². The number of nitrogens with zero attached hydrogens (tertiary/aromatic N) is 1. The number of hydrazone groups is 1. The van der Waals surface area contributed by atoms with Crippen LogP contribution in [0.15, 0.2) is 17.2 Å². The predicted octanol–water partition coefficient (Wildman–Crippen LogP) is 1.89. The van der Waals surface area contributed by atoms with E-state index in [2.05, 4.69) is 15.7 Å². The Labute approximate surface area is 101 Å². The van der Waals surface area contributed by atoms with E-state index in [0.717, 1.165) is 22.7 Å². The molecule has 0 fully saturated rings. The first-order chi connectivity index (χ1) is 7.99. The molecule has 0 amide bonds. The van der Waals surface area contributed by atoms with Crippen LogP contribution in [0.25, 0.3) is 0 Å². The summed E-state index contributed by atoms with van der Waals surface area (Å²) in [7, 11) is 1.66. The van der Waals surface area contributed by atoms with Crippen molar-refractivity contribution in [2.75, 3.05) is 17.7 Å². The van der Waals surface area contributed by atoms with Gasteiger partial charge in [0.1, 0.15) is 11.4 Å². The van der Waals surface area contributed by atoms with Crippen molar-refractivity contribution >= 4 is 17.2 Å². The van der Waals surface area contributed by atoms with Crippen LogP contribution in [-0.2, 0) is 0 Å². The van der Waals surface area contributed by atoms with Gasteiger partial charge in [-0.25, -0.2) is 0 Å². The summed E-state index contributed by atoms with van der Waals surface area (Å²) in [5.74, 6) is 6.93. The highest BCUT2D eigenvalue weighted by Crippen LogP contribution is 2.40. The van der Waals surface area contributed by atoms with E-state index in [-0.39, 0.29) is 5.54 Å². The lowest BCUT2D eigenvalue weighted by molar-refractivity contribution is 0.415. The Kier molecular flexibility index (Phi) is 2.61. The van der Waals surface area contributed by atoms with Crippen LogP contribution in [0.1, 0.15) is 19.4 Å². The number of benzene rings is 1. The van der Waals surface area contributed by atoms with Crippen molar-refractivity contribution in [1.82, 2.24) is 0 Å². The first-order valence-corrected chi connectivity index (χ1v) is 5.50. The summed E-state index contributed by atoms with van der Waals surface area (Å²) in [4.78, 5) is 0. The molecule has 5 nitrogen and oxygen atoms in total. The van der Waals surface area contributed by atoms with Gasteiger partial charge in [0, 0.05) is 0 Å². The Balaban J connectivity index is 2.59. The Morgan fingerprint density at radius 3 is 2.59 bits per heavy atom. The summed E-state index contributed by atoms with van der Waals surface area (Å²) in [6.45, 7) is 6.05. The van der Waals surface area contributed by atoms with E-state index >= 15 is 0 Å². The molecule has 1 heterocycles. The number of ether oxygens (including phenoxy) is 1. The quantitative estimate of drug-likeness (QED) is 0.512. The molecule has 0 saturated heterocycles. The van der Waals surface area contributed by atoms with Crippen molar-refractivity contribution in [2.24, 2.45) is 10.9 Å². The second-order valence-corrected chi connectivity index (χ2v) is 4.69. The van der Waals surface area contributed by atoms with Crippen LogP contribution >= 0.6 is 0 Å². The van der Waals surface area contributed by atoms with Gasteiger partial charge in [0.05, 0.1) is 18.3 Å². The molecule has 0 bridgehead atoms. The summed E-state index contributed by atoms with van der Waals surface area (Å²) in [6.07, 6.45) is 0. The standard InChI is InChI=1S/C12H18N4O/c1-7-5-6-8(17-4)10-9(7)14-11(16-13)12(2,3)15-10/h5-6,15H,13H2,1-4H3,(H,14,16). The molecule has 0 aliphatic carbocycles. The van der Waals surface area contributed by atoms with E-state index in [1.807, 2.05) is 32.9 Å². The number of hydrogen-bond donors (Lipinski definition) is 3. The SMILES string of the molecule is COc1ccc(C)c2c1NC(C)(C)/C(=N\N)N2. The lowest BCUT2D eigenvalue weighted by Crippen LogP contribution is -2.48. The van der Waals surface area contributed by atoms with Gasteiger partial charge >= 0.3 is 0 Å². The van der Waals surface area contributed by atoms with Gasteiger partial charge in [-0.05, 0) is 32.4 Å². The molecule has 0 atom stereocenters. The third-order valence-electron chi connectivity index (χ3n) is 3.00. The molecule has 5 heteroatoms. The molecule has 4 N–H and O–H groups in total. The minimum Gasteiger partial charge on any atom is -0.495 e. The number of nitrogens with one attached hydrogen (secondary N) is 2. The molecule has 0 unspecified atom stereocenters. The van der Waals surface area contributed by atoms with E-state index in [9.17, 15) is 0 Å². The first kappa shape index (κ1) is 11.6. The Bertz CT molecular complexity index is 480. The molecule has 0 aromatic heterocycles. The number of methoxy groups -OCH3 is 1. The average Bonchev–Trinajstić information content (AvgIpc) is 2.28. The topological polar surface area (TPSA) is 71.7 Å². The minimum absolute atomic E-state index is 0.344. The highest BCUT2D eigenvalue weighted by atomic mass is 16.5. The highest BCUT2D eigenvalue weighted by molar-refractivity contribution is 6.10. The van der Waals surface area contributed by atoms with Crippen molar-refractivity contribution in [1.29, 1.82) is 0 Å². The molecule has 1 aliphatic rings. The molecule has 1 aromatic carbocycles. The number of hydrogen-bond acceptors (Lipinski definition) is 4. The van der Waals surface area contributed by atoms with E-state index < -0.39 is 0 Å². The Morgan fingerprint density at radius 2 is 2.00 bits per heavy atom. The molecule has 17 heavy (non-hydrogen) atoms. The lowest BCUT2D eigenvalue weighted by atomic mass is 9.97. The lowest BCUT2D eigenvalue weighted by Gasteiger charge is -2.36. The summed E-state index contributed by atoms with van der Waals surface area (Å²) < 4.78 is 5.36. The average molecular weight is 234 g/mol. The highest BCUT2D eigenvalue weighted by Gasteiger charge is 2.33. The Hall–Kier alpha value is -1.91. The summed E-state index contributed by atoms with van der Waals surface area (Å²) in [6, 6.07) is 3.95. The van der Waals surface area contributed by atoms with Crippen LogP contribution < -0.4 is 21.2 Å². The van der Waals surface area contributed by atoms with E-state index in [0.29, 0.717) is 5.84 Å². The normalized spacial score (nSPS) is 19.2. The van der Waals surface area contributed by atoms with Crippen LogP contribution in [0.4, 0.5) is 11.4 Å². The van der Waals surface area contributed by atoms with E-state index in [1.165, 1.54) is 0 Å². The fourth-order valence-corrected chi connectivity index (χ4v) is 1.98. The molecule has 1 aliphatic heterocycles. The van der Waals surface area contributed by atoms with Crippen molar-refractivity contribution in [3.8, 4) is 5.75 Å². The molecule has 0 saturated carbocycles. The maximum absolute atomic E-state index is 5.41. The molecular weight excluding hydrogens is 216 g/mol. The van der Waals surface area contributed by atoms with Gasteiger partial charge in [-0.2, -0.15) is 5.10 Å². The number of anilines is 2. The summed E-state index contributed by atoms with van der Waals surface area (Å²) >= 11 is 0. The predicted molar refractivity (Wildman–Crippen MR) is 70.7 cm³/mol. The van der Waals surface area contributed by atoms with Gasteiger partial charge < -0.3 is 21.2 Å². The zero-order valence-corrected chi connectivity index (χ0v) is 10.6. The third kappa shape index (κ3) is 1.77. The smallest absolute Gasteiger partial charge is 0.151 e. The zero-order chi connectivity index (χ0) is 12.6. The van der Waals surface area contributed by atoms with Crippen LogP contribution in [0.2, 0.25) is 0 Å².